The monoisotopic (exact) mass is 521 g/mol. The Morgan fingerprint density at radius 3 is 2.42 bits per heavy atom. The summed E-state index contributed by atoms with van der Waals surface area (Å²) in [5.74, 6) is -1.96. The normalized spacial score (nSPS) is 15.3. The SMILES string of the molecule is Cc1nc(F)ccc1Oc1cc(C2CC2)c(C(F)(F)F)c(C)c1C(=O)Nc1cccc([S@](C)(=N)=O)c1. The number of amides is 1. The molecule has 11 heteroatoms. The van der Waals surface area contributed by atoms with Crippen molar-refractivity contribution in [2.24, 2.45) is 0 Å². The minimum absolute atomic E-state index is 0.0428. The Morgan fingerprint density at radius 1 is 1.14 bits per heavy atom. The van der Waals surface area contributed by atoms with Crippen LogP contribution in [-0.4, -0.2) is 21.4 Å². The van der Waals surface area contributed by atoms with Crippen LogP contribution in [0.25, 0.3) is 0 Å². The minimum atomic E-state index is -4.71. The van der Waals surface area contributed by atoms with Crippen molar-refractivity contribution in [2.45, 2.75) is 43.7 Å². The number of benzene rings is 2. The maximum atomic E-state index is 14.1. The van der Waals surface area contributed by atoms with Crippen LogP contribution in [0.5, 0.6) is 11.5 Å². The van der Waals surface area contributed by atoms with Crippen molar-refractivity contribution in [3.05, 3.63) is 76.4 Å². The number of aromatic nitrogens is 1. The Labute approximate surface area is 205 Å². The van der Waals surface area contributed by atoms with E-state index in [1.807, 2.05) is 0 Å². The number of carbonyl (C=O) groups excluding carboxylic acids is 1. The van der Waals surface area contributed by atoms with E-state index in [9.17, 15) is 26.6 Å². The number of carbonyl (C=O) groups is 1. The van der Waals surface area contributed by atoms with Crippen molar-refractivity contribution >= 4 is 21.3 Å². The minimum Gasteiger partial charge on any atom is -0.455 e. The number of halogens is 4. The van der Waals surface area contributed by atoms with Crippen LogP contribution >= 0.6 is 0 Å². The second-order valence-electron chi connectivity index (χ2n) is 8.76. The average molecular weight is 522 g/mol. The Bertz CT molecular complexity index is 1470. The molecule has 0 bridgehead atoms. The highest BCUT2D eigenvalue weighted by atomic mass is 32.2. The Kier molecular flexibility index (Phi) is 6.54. The summed E-state index contributed by atoms with van der Waals surface area (Å²) in [6.45, 7) is 2.69. The van der Waals surface area contributed by atoms with Gasteiger partial charge in [-0.25, -0.2) is 14.0 Å². The maximum absolute atomic E-state index is 14.1. The van der Waals surface area contributed by atoms with E-state index in [0.29, 0.717) is 12.8 Å². The summed E-state index contributed by atoms with van der Waals surface area (Å²) < 4.78 is 81.6. The molecule has 6 nitrogen and oxygen atoms in total. The first kappa shape index (κ1) is 25.6. The molecule has 0 radical (unpaired) electrons. The lowest BCUT2D eigenvalue weighted by molar-refractivity contribution is -0.138. The van der Waals surface area contributed by atoms with Gasteiger partial charge in [-0.2, -0.15) is 17.6 Å². The summed E-state index contributed by atoms with van der Waals surface area (Å²) in [5, 5.41) is 2.53. The topological polar surface area (TPSA) is 92.1 Å². The number of ether oxygens (including phenoxy) is 1. The van der Waals surface area contributed by atoms with E-state index < -0.39 is 33.3 Å². The lowest BCUT2D eigenvalue weighted by Crippen LogP contribution is -2.20. The van der Waals surface area contributed by atoms with Crippen LogP contribution in [0.15, 0.2) is 47.4 Å². The summed E-state index contributed by atoms with van der Waals surface area (Å²) in [6.07, 6.45) is -2.32. The number of aryl methyl sites for hydroxylation is 1. The molecular weight excluding hydrogens is 498 g/mol. The molecule has 1 aliphatic rings. The van der Waals surface area contributed by atoms with Gasteiger partial charge in [0.05, 0.1) is 26.5 Å². The van der Waals surface area contributed by atoms with Crippen molar-refractivity contribution in [1.82, 2.24) is 4.98 Å². The molecule has 2 aromatic carbocycles. The molecule has 4 rings (SSSR count). The third-order valence-corrected chi connectivity index (χ3v) is 7.02. The number of nitrogens with zero attached hydrogens (tertiary/aromatic N) is 1. The van der Waals surface area contributed by atoms with Gasteiger partial charge >= 0.3 is 6.18 Å². The summed E-state index contributed by atoms with van der Waals surface area (Å²) in [7, 11) is -3.09. The largest absolute Gasteiger partial charge is 0.455 e. The van der Waals surface area contributed by atoms with E-state index >= 15 is 0 Å². The van der Waals surface area contributed by atoms with Gasteiger partial charge in [0.2, 0.25) is 5.95 Å². The van der Waals surface area contributed by atoms with Crippen LogP contribution in [0.4, 0.5) is 23.2 Å². The van der Waals surface area contributed by atoms with E-state index in [-0.39, 0.29) is 50.4 Å². The van der Waals surface area contributed by atoms with Gasteiger partial charge in [-0.15, -0.1) is 0 Å². The Morgan fingerprint density at radius 2 is 1.83 bits per heavy atom. The fraction of sp³-hybridized carbons (Fsp3) is 0.280. The van der Waals surface area contributed by atoms with E-state index in [0.717, 1.165) is 6.07 Å². The molecule has 1 saturated carbocycles. The van der Waals surface area contributed by atoms with Gasteiger partial charge in [0.15, 0.2) is 0 Å². The lowest BCUT2D eigenvalue weighted by atomic mass is 9.92. The summed E-state index contributed by atoms with van der Waals surface area (Å²) in [4.78, 5) is 17.2. The molecule has 2 N–H and O–H groups in total. The highest BCUT2D eigenvalue weighted by Gasteiger charge is 2.42. The molecule has 0 aliphatic heterocycles. The number of nitrogens with one attached hydrogen (secondary N) is 2. The molecule has 1 heterocycles. The Balaban J connectivity index is 1.85. The van der Waals surface area contributed by atoms with E-state index in [1.54, 1.807) is 0 Å². The molecule has 1 aromatic heterocycles. The van der Waals surface area contributed by atoms with Gasteiger partial charge in [-0.3, -0.25) is 4.79 Å². The maximum Gasteiger partial charge on any atom is 0.416 e. The zero-order valence-corrected chi connectivity index (χ0v) is 20.4. The van der Waals surface area contributed by atoms with Gasteiger partial charge in [0.25, 0.3) is 5.91 Å². The van der Waals surface area contributed by atoms with Crippen molar-refractivity contribution < 1.29 is 31.3 Å². The first-order chi connectivity index (χ1) is 16.8. The second-order valence-corrected chi connectivity index (χ2v) is 10.9. The third-order valence-electron chi connectivity index (χ3n) is 5.86. The van der Waals surface area contributed by atoms with E-state index in [1.165, 1.54) is 56.5 Å². The summed E-state index contributed by atoms with van der Waals surface area (Å²) >= 11 is 0. The molecule has 190 valence electrons. The number of hydrogen-bond donors (Lipinski definition) is 2. The average Bonchev–Trinajstić information content (AvgIpc) is 3.59. The summed E-state index contributed by atoms with van der Waals surface area (Å²) in [5.41, 5.74) is -1.17. The third kappa shape index (κ3) is 5.35. The smallest absolute Gasteiger partial charge is 0.416 e. The first-order valence-electron chi connectivity index (χ1n) is 11.0. The fourth-order valence-electron chi connectivity index (χ4n) is 4.02. The zero-order chi connectivity index (χ0) is 26.4. The van der Waals surface area contributed by atoms with Crippen LogP contribution in [0.1, 0.15) is 51.5 Å². The highest BCUT2D eigenvalue weighted by molar-refractivity contribution is 7.91. The molecule has 0 spiro atoms. The molecule has 0 unspecified atom stereocenters. The van der Waals surface area contributed by atoms with Gasteiger partial charge in [0.1, 0.15) is 11.5 Å². The van der Waals surface area contributed by atoms with Crippen LogP contribution in [0.2, 0.25) is 0 Å². The van der Waals surface area contributed by atoms with Crippen LogP contribution in [-0.2, 0) is 15.9 Å². The molecule has 1 amide bonds. The molecule has 3 aromatic rings. The predicted molar refractivity (Wildman–Crippen MR) is 127 cm³/mol. The van der Waals surface area contributed by atoms with Crippen molar-refractivity contribution in [3.8, 4) is 11.5 Å². The van der Waals surface area contributed by atoms with E-state index in [2.05, 4.69) is 10.3 Å². The van der Waals surface area contributed by atoms with Gasteiger partial charge < -0.3 is 10.1 Å². The molecule has 36 heavy (non-hydrogen) atoms. The molecular formula is C25H23F4N3O3S. The highest BCUT2D eigenvalue weighted by Crippen LogP contribution is 2.50. The molecule has 0 saturated heterocycles. The summed E-state index contributed by atoms with van der Waals surface area (Å²) in [6, 6.07) is 9.32. The molecule has 1 atom stereocenters. The Hall–Kier alpha value is -3.47. The number of rotatable bonds is 6. The second kappa shape index (κ2) is 9.20. The standard InChI is InChI=1S/C25H23F4N3O3S/c1-13-22(24(33)32-16-5-4-6-17(11-16)36(3,30)34)20(35-19-9-10-21(26)31-14(19)2)12-18(15-7-8-15)23(13)25(27,28)29/h4-6,9-12,15,30H,7-8H2,1-3H3,(H,32,33)/t36-/m1/s1. The number of pyridine rings is 1. The number of anilines is 1. The first-order valence-corrected chi connectivity index (χ1v) is 12.9. The molecule has 1 aliphatic carbocycles. The van der Waals surface area contributed by atoms with Crippen molar-refractivity contribution in [3.63, 3.8) is 0 Å². The van der Waals surface area contributed by atoms with Crippen LogP contribution in [0, 0.1) is 24.6 Å². The predicted octanol–water partition coefficient (Wildman–Crippen LogP) is 6.81. The van der Waals surface area contributed by atoms with E-state index in [4.69, 9.17) is 9.52 Å². The van der Waals surface area contributed by atoms with Gasteiger partial charge in [0, 0.05) is 16.8 Å². The molecule has 1 fully saturated rings. The van der Waals surface area contributed by atoms with Crippen molar-refractivity contribution in [1.29, 1.82) is 4.78 Å². The quantitative estimate of drug-likeness (QED) is 0.275. The number of alkyl halides is 3. The zero-order valence-electron chi connectivity index (χ0n) is 19.6. The fourth-order valence-corrected chi connectivity index (χ4v) is 4.71. The van der Waals surface area contributed by atoms with Crippen LogP contribution < -0.4 is 10.1 Å². The lowest BCUT2D eigenvalue weighted by Gasteiger charge is -2.22. The van der Waals surface area contributed by atoms with Crippen LogP contribution in [0.3, 0.4) is 0 Å². The van der Waals surface area contributed by atoms with Crippen molar-refractivity contribution in [2.75, 3.05) is 11.6 Å². The number of hydrogen-bond acceptors (Lipinski definition) is 5. The van der Waals surface area contributed by atoms with Gasteiger partial charge in [-0.1, -0.05) is 6.07 Å². The van der Waals surface area contributed by atoms with Gasteiger partial charge in [-0.05, 0) is 80.1 Å².